The van der Waals surface area contributed by atoms with Gasteiger partial charge in [0.2, 0.25) is 0 Å². The molecule has 120 valence electrons. The van der Waals surface area contributed by atoms with E-state index < -0.39 is 0 Å². The monoisotopic (exact) mass is 311 g/mol. The number of para-hydroxylation sites is 1. The zero-order valence-electron chi connectivity index (χ0n) is 13.3. The van der Waals surface area contributed by atoms with Gasteiger partial charge in [-0.05, 0) is 38.2 Å². The van der Waals surface area contributed by atoms with Crippen molar-refractivity contribution in [3.05, 3.63) is 46.8 Å². The number of aryl methyl sites for hydroxylation is 1. The second-order valence-electron chi connectivity index (χ2n) is 6.28. The molecule has 1 atom stereocenters. The molecule has 1 aromatic carbocycles. The summed E-state index contributed by atoms with van der Waals surface area (Å²) >= 11 is 0. The van der Waals surface area contributed by atoms with Crippen molar-refractivity contribution >= 4 is 5.91 Å². The highest BCUT2D eigenvalue weighted by Crippen LogP contribution is 2.38. The Labute approximate surface area is 135 Å². The number of amides is 1. The number of aromatic nitrogens is 2. The van der Waals surface area contributed by atoms with Crippen LogP contribution in [0.4, 0.5) is 0 Å². The summed E-state index contributed by atoms with van der Waals surface area (Å²) in [4.78, 5) is 15.0. The number of nitrogens with zero attached hydrogens (tertiary/aromatic N) is 2. The summed E-state index contributed by atoms with van der Waals surface area (Å²) in [6.07, 6.45) is 5.06. The molecular weight excluding hydrogens is 290 g/mol. The van der Waals surface area contributed by atoms with Gasteiger partial charge < -0.3 is 9.64 Å². The fourth-order valence-electron chi connectivity index (χ4n) is 3.91. The van der Waals surface area contributed by atoms with E-state index >= 15 is 0 Å². The zero-order chi connectivity index (χ0) is 15.8. The summed E-state index contributed by atoms with van der Waals surface area (Å²) in [6.45, 7) is 0.781. The van der Waals surface area contributed by atoms with Crippen LogP contribution in [0.1, 0.15) is 52.6 Å². The third kappa shape index (κ3) is 2.31. The summed E-state index contributed by atoms with van der Waals surface area (Å²) in [5, 5.41) is 7.35. The van der Waals surface area contributed by atoms with Crippen molar-refractivity contribution in [3.63, 3.8) is 0 Å². The summed E-state index contributed by atoms with van der Waals surface area (Å²) in [7, 11) is 1.68. The van der Waals surface area contributed by atoms with Gasteiger partial charge in [-0.25, -0.2) is 0 Å². The van der Waals surface area contributed by atoms with Gasteiger partial charge in [0.25, 0.3) is 5.91 Å². The number of fused-ring (bicyclic) bond motifs is 1. The molecule has 4 rings (SSSR count). The number of rotatable bonds is 3. The number of aromatic amines is 1. The van der Waals surface area contributed by atoms with Crippen molar-refractivity contribution in [2.45, 2.75) is 38.1 Å². The number of H-pyrrole nitrogens is 1. The van der Waals surface area contributed by atoms with Crippen LogP contribution in [0.3, 0.4) is 0 Å². The summed E-state index contributed by atoms with van der Waals surface area (Å²) in [5.74, 6) is 0.905. The molecule has 1 aliphatic carbocycles. The first kappa shape index (κ1) is 14.3. The van der Waals surface area contributed by atoms with Crippen LogP contribution in [0.15, 0.2) is 24.3 Å². The molecule has 2 aromatic rings. The average molecular weight is 311 g/mol. The van der Waals surface area contributed by atoms with Gasteiger partial charge >= 0.3 is 0 Å². The molecule has 1 aliphatic heterocycles. The molecule has 0 saturated carbocycles. The number of nitrogens with one attached hydrogen (secondary N) is 1. The van der Waals surface area contributed by atoms with Crippen molar-refractivity contribution in [3.8, 4) is 5.75 Å². The molecule has 1 unspecified atom stereocenters. The molecule has 23 heavy (non-hydrogen) atoms. The fourth-order valence-corrected chi connectivity index (χ4v) is 3.91. The van der Waals surface area contributed by atoms with Crippen LogP contribution < -0.4 is 4.74 Å². The lowest BCUT2D eigenvalue weighted by molar-refractivity contribution is 0.0727. The number of hydrogen-bond acceptors (Lipinski definition) is 3. The first-order chi connectivity index (χ1) is 11.3. The normalized spacial score (nSPS) is 19.9. The topological polar surface area (TPSA) is 58.2 Å². The van der Waals surface area contributed by atoms with Crippen LogP contribution in [0.5, 0.6) is 5.75 Å². The maximum atomic E-state index is 13.1. The number of carbonyl (C=O) groups is 1. The van der Waals surface area contributed by atoms with Crippen molar-refractivity contribution in [2.75, 3.05) is 13.7 Å². The van der Waals surface area contributed by atoms with Crippen LogP contribution in [0.25, 0.3) is 0 Å². The second-order valence-corrected chi connectivity index (χ2v) is 6.28. The maximum absolute atomic E-state index is 13.1. The fraction of sp³-hybridized carbons (Fsp3) is 0.444. The van der Waals surface area contributed by atoms with E-state index in [1.54, 1.807) is 7.11 Å². The average Bonchev–Trinajstić information content (AvgIpc) is 3.30. The number of carbonyl (C=O) groups excluding carboxylic acids is 1. The van der Waals surface area contributed by atoms with Crippen LogP contribution >= 0.6 is 0 Å². The highest BCUT2D eigenvalue weighted by molar-refractivity contribution is 5.94. The van der Waals surface area contributed by atoms with Gasteiger partial charge in [-0.15, -0.1) is 0 Å². The molecule has 5 nitrogen and oxygen atoms in total. The Morgan fingerprint density at radius 1 is 1.30 bits per heavy atom. The van der Waals surface area contributed by atoms with E-state index in [0.29, 0.717) is 5.69 Å². The largest absolute Gasteiger partial charge is 0.496 e. The van der Waals surface area contributed by atoms with Crippen LogP contribution in [-0.2, 0) is 12.8 Å². The molecule has 5 heteroatoms. The lowest BCUT2D eigenvalue weighted by Gasteiger charge is -2.26. The Morgan fingerprint density at radius 2 is 2.17 bits per heavy atom. The van der Waals surface area contributed by atoms with Crippen LogP contribution in [-0.4, -0.2) is 34.7 Å². The predicted molar refractivity (Wildman–Crippen MR) is 86.6 cm³/mol. The molecule has 0 spiro atoms. The first-order valence-electron chi connectivity index (χ1n) is 8.29. The number of ether oxygens (including phenoxy) is 1. The van der Waals surface area contributed by atoms with E-state index in [0.717, 1.165) is 61.2 Å². The Bertz CT molecular complexity index is 738. The molecule has 1 amide bonds. The van der Waals surface area contributed by atoms with Crippen LogP contribution in [0.2, 0.25) is 0 Å². The minimum absolute atomic E-state index is 0.0535. The highest BCUT2D eigenvalue weighted by Gasteiger charge is 2.35. The van der Waals surface area contributed by atoms with Crippen molar-refractivity contribution < 1.29 is 9.53 Å². The van der Waals surface area contributed by atoms with Gasteiger partial charge in [0.15, 0.2) is 5.69 Å². The molecule has 1 fully saturated rings. The molecule has 1 aromatic heterocycles. The lowest BCUT2D eigenvalue weighted by Crippen LogP contribution is -2.31. The summed E-state index contributed by atoms with van der Waals surface area (Å²) in [5.41, 5.74) is 3.98. The SMILES string of the molecule is COc1ccccc1C1CCCN1C(=O)c1n[nH]c2c1CCC2. The standard InChI is InChI=1S/C18H21N3O2/c1-23-16-10-3-2-6-13(16)15-9-5-11-21(15)18(22)17-12-7-4-8-14(12)19-20-17/h2-3,6,10,15H,4-5,7-9,11H2,1H3,(H,19,20). The zero-order valence-corrected chi connectivity index (χ0v) is 13.3. The third-order valence-corrected chi connectivity index (χ3v) is 5.02. The summed E-state index contributed by atoms with van der Waals surface area (Å²) in [6, 6.07) is 8.06. The van der Waals surface area contributed by atoms with Gasteiger partial charge in [-0.3, -0.25) is 9.89 Å². The minimum atomic E-state index is 0.0535. The first-order valence-corrected chi connectivity index (χ1v) is 8.29. The van der Waals surface area contributed by atoms with Crippen molar-refractivity contribution in [1.82, 2.24) is 15.1 Å². The third-order valence-electron chi connectivity index (χ3n) is 5.02. The quantitative estimate of drug-likeness (QED) is 0.948. The molecule has 1 saturated heterocycles. The van der Waals surface area contributed by atoms with Crippen molar-refractivity contribution in [1.29, 1.82) is 0 Å². The minimum Gasteiger partial charge on any atom is -0.496 e. The van der Waals surface area contributed by atoms with Gasteiger partial charge in [0.05, 0.1) is 13.2 Å². The Hall–Kier alpha value is -2.30. The van der Waals surface area contributed by atoms with E-state index in [2.05, 4.69) is 16.3 Å². The maximum Gasteiger partial charge on any atom is 0.275 e. The van der Waals surface area contributed by atoms with Gasteiger partial charge in [-0.1, -0.05) is 18.2 Å². The Kier molecular flexibility index (Phi) is 3.56. The smallest absolute Gasteiger partial charge is 0.275 e. The van der Waals surface area contributed by atoms with Gasteiger partial charge in [0, 0.05) is 23.4 Å². The van der Waals surface area contributed by atoms with Gasteiger partial charge in [-0.2, -0.15) is 5.10 Å². The number of hydrogen-bond donors (Lipinski definition) is 1. The van der Waals surface area contributed by atoms with E-state index in [4.69, 9.17) is 4.74 Å². The molecule has 0 bridgehead atoms. The summed E-state index contributed by atoms with van der Waals surface area (Å²) < 4.78 is 5.49. The molecule has 0 radical (unpaired) electrons. The van der Waals surface area contributed by atoms with E-state index in [1.165, 1.54) is 0 Å². The Balaban J connectivity index is 1.66. The highest BCUT2D eigenvalue weighted by atomic mass is 16.5. The van der Waals surface area contributed by atoms with Crippen LogP contribution in [0, 0.1) is 0 Å². The van der Waals surface area contributed by atoms with Crippen molar-refractivity contribution in [2.24, 2.45) is 0 Å². The molecule has 2 heterocycles. The Morgan fingerprint density at radius 3 is 3.04 bits per heavy atom. The van der Waals surface area contributed by atoms with E-state index in [1.807, 2.05) is 23.1 Å². The van der Waals surface area contributed by atoms with E-state index in [9.17, 15) is 4.79 Å². The van der Waals surface area contributed by atoms with Gasteiger partial charge in [0.1, 0.15) is 5.75 Å². The van der Waals surface area contributed by atoms with E-state index in [-0.39, 0.29) is 11.9 Å². The number of likely N-dealkylation sites (tertiary alicyclic amines) is 1. The molecular formula is C18H21N3O2. The lowest BCUT2D eigenvalue weighted by atomic mass is 10.0. The molecule has 2 aliphatic rings. The number of methoxy groups -OCH3 is 1. The second kappa shape index (κ2) is 5.72. The number of benzene rings is 1. The predicted octanol–water partition coefficient (Wildman–Crippen LogP) is 2.88. The molecule has 1 N–H and O–H groups in total.